The minimum absolute atomic E-state index is 0.0718. The Hall–Kier alpha value is -3.47. The molecule has 170 valence electrons. The molecule has 0 radical (unpaired) electrons. The third-order valence-corrected chi connectivity index (χ3v) is 5.57. The van der Waals surface area contributed by atoms with Crippen LogP contribution < -0.4 is 10.9 Å². The average molecular weight is 438 g/mol. The van der Waals surface area contributed by atoms with Gasteiger partial charge in [-0.25, -0.2) is 0 Å². The van der Waals surface area contributed by atoms with Crippen molar-refractivity contribution >= 4 is 17.3 Å². The van der Waals surface area contributed by atoms with E-state index < -0.39 is 5.56 Å². The lowest BCUT2D eigenvalue weighted by molar-refractivity contribution is 0.0946. The van der Waals surface area contributed by atoms with Crippen molar-refractivity contribution in [1.29, 1.82) is 5.26 Å². The van der Waals surface area contributed by atoms with E-state index in [4.69, 9.17) is 0 Å². The van der Waals surface area contributed by atoms with Crippen LogP contribution in [0.15, 0.2) is 39.3 Å². The van der Waals surface area contributed by atoms with Gasteiger partial charge in [-0.2, -0.15) is 10.4 Å². The molecule has 2 aromatic rings. The molecule has 1 aromatic heterocycles. The summed E-state index contributed by atoms with van der Waals surface area (Å²) < 4.78 is 1.08. The fourth-order valence-electron chi connectivity index (χ4n) is 3.42. The number of amides is 1. The molecule has 0 aliphatic rings. The number of carbonyl (C=O) groups excluding carboxylic acids is 1. The highest BCUT2D eigenvalue weighted by Crippen LogP contribution is 2.32. The van der Waals surface area contributed by atoms with E-state index in [9.17, 15) is 20.0 Å². The van der Waals surface area contributed by atoms with Gasteiger partial charge >= 0.3 is 0 Å². The molecular weight excluding hydrogens is 406 g/mol. The Balaban J connectivity index is 2.16. The van der Waals surface area contributed by atoms with Crippen LogP contribution in [0.2, 0.25) is 0 Å². The van der Waals surface area contributed by atoms with Crippen molar-refractivity contribution in [3.05, 3.63) is 51.3 Å². The Morgan fingerprint density at radius 3 is 2.47 bits per heavy atom. The zero-order chi connectivity index (χ0) is 23.7. The van der Waals surface area contributed by atoms with Gasteiger partial charge < -0.3 is 10.4 Å². The molecule has 1 amide bonds. The van der Waals surface area contributed by atoms with Crippen LogP contribution in [0.5, 0.6) is 5.88 Å². The van der Waals surface area contributed by atoms with Gasteiger partial charge in [-0.1, -0.05) is 33.1 Å². The second kappa shape index (κ2) is 11.8. The van der Waals surface area contributed by atoms with Gasteiger partial charge in [0.2, 0.25) is 5.88 Å². The van der Waals surface area contributed by atoms with E-state index >= 15 is 0 Å². The molecule has 0 aliphatic heterocycles. The zero-order valence-corrected chi connectivity index (χ0v) is 19.2. The van der Waals surface area contributed by atoms with Crippen molar-refractivity contribution in [2.75, 3.05) is 6.54 Å². The molecule has 8 heteroatoms. The summed E-state index contributed by atoms with van der Waals surface area (Å²) in [5, 5.41) is 30.8. The summed E-state index contributed by atoms with van der Waals surface area (Å²) in [5.74, 6) is 0.0143. The lowest BCUT2D eigenvalue weighted by atomic mass is 9.99. The summed E-state index contributed by atoms with van der Waals surface area (Å²) >= 11 is 0. The van der Waals surface area contributed by atoms with Crippen LogP contribution >= 0.6 is 0 Å². The fourth-order valence-corrected chi connectivity index (χ4v) is 3.42. The number of nitrogens with zero attached hydrogens (tertiary/aromatic N) is 4. The molecule has 1 unspecified atom stereocenters. The van der Waals surface area contributed by atoms with Crippen LogP contribution in [0.25, 0.3) is 0 Å². The van der Waals surface area contributed by atoms with Crippen molar-refractivity contribution in [2.24, 2.45) is 16.1 Å². The smallest absolute Gasteiger partial charge is 0.271 e. The molecule has 2 N–H and O–H groups in total. The molecule has 0 saturated carbocycles. The first kappa shape index (κ1) is 24.8. The number of aromatic hydroxyl groups is 1. The van der Waals surface area contributed by atoms with Gasteiger partial charge in [0.25, 0.3) is 11.5 Å². The number of nitrogens with one attached hydrogen (secondary N) is 1. The second-order valence-corrected chi connectivity index (χ2v) is 7.71. The molecule has 0 bridgehead atoms. The van der Waals surface area contributed by atoms with E-state index in [2.05, 4.69) is 29.4 Å². The van der Waals surface area contributed by atoms with Crippen molar-refractivity contribution in [2.45, 2.75) is 59.9 Å². The highest BCUT2D eigenvalue weighted by atomic mass is 16.3. The number of azo groups is 1. The maximum atomic E-state index is 12.4. The summed E-state index contributed by atoms with van der Waals surface area (Å²) in [6.45, 7) is 8.39. The normalized spacial score (nSPS) is 12.0. The van der Waals surface area contributed by atoms with Crippen LogP contribution in [0.4, 0.5) is 11.4 Å². The number of nitriles is 1. The Morgan fingerprint density at radius 1 is 1.22 bits per heavy atom. The number of pyridine rings is 1. The maximum Gasteiger partial charge on any atom is 0.271 e. The van der Waals surface area contributed by atoms with Crippen molar-refractivity contribution < 1.29 is 9.90 Å². The third-order valence-electron chi connectivity index (χ3n) is 5.57. The van der Waals surface area contributed by atoms with Crippen LogP contribution in [0.1, 0.15) is 67.9 Å². The van der Waals surface area contributed by atoms with E-state index in [1.807, 2.05) is 6.07 Å². The summed E-state index contributed by atoms with van der Waals surface area (Å²) in [7, 11) is 0. The van der Waals surface area contributed by atoms with Gasteiger partial charge in [0, 0.05) is 24.2 Å². The van der Waals surface area contributed by atoms with Gasteiger partial charge in [-0.3, -0.25) is 14.2 Å². The van der Waals surface area contributed by atoms with Crippen LogP contribution in [0, 0.1) is 24.2 Å². The first-order valence-corrected chi connectivity index (χ1v) is 11.0. The number of benzene rings is 1. The Morgan fingerprint density at radius 2 is 1.91 bits per heavy atom. The van der Waals surface area contributed by atoms with Crippen LogP contribution in [-0.4, -0.2) is 22.1 Å². The summed E-state index contributed by atoms with van der Waals surface area (Å²) in [4.78, 5) is 24.7. The van der Waals surface area contributed by atoms with Gasteiger partial charge in [0.15, 0.2) is 5.69 Å². The number of hydrogen-bond donors (Lipinski definition) is 2. The Labute approximate surface area is 188 Å². The molecule has 2 rings (SSSR count). The largest absolute Gasteiger partial charge is 0.493 e. The number of carbonyl (C=O) groups is 1. The van der Waals surface area contributed by atoms with E-state index in [1.54, 1.807) is 38.1 Å². The summed E-state index contributed by atoms with van der Waals surface area (Å²) in [5.41, 5.74) is 0.715. The fraction of sp³-hybridized carbons (Fsp3) is 0.458. The highest BCUT2D eigenvalue weighted by molar-refractivity contribution is 5.94. The lowest BCUT2D eigenvalue weighted by Crippen LogP contribution is -2.29. The van der Waals surface area contributed by atoms with E-state index in [0.29, 0.717) is 23.7 Å². The first-order valence-electron chi connectivity index (χ1n) is 11.0. The topological polar surface area (TPSA) is 120 Å². The quantitative estimate of drug-likeness (QED) is 0.501. The third kappa shape index (κ3) is 5.82. The molecule has 1 atom stereocenters. The predicted octanol–water partition coefficient (Wildman–Crippen LogP) is 5.12. The molecule has 1 heterocycles. The molecular formula is C24H31N5O3. The van der Waals surface area contributed by atoms with Gasteiger partial charge in [0.1, 0.15) is 11.6 Å². The number of rotatable bonds is 10. The Kier molecular flexibility index (Phi) is 9.14. The van der Waals surface area contributed by atoms with Crippen LogP contribution in [-0.2, 0) is 6.54 Å². The standard InChI is InChI=1S/C24H31N5O3/c1-5-8-9-17(6-2)15-26-22(30)18-10-12-19(13-11-18)27-28-21-16(4)20(14-25)23(31)29(7-3)24(21)32/h10-13,17,32H,5-9,15H2,1-4H3,(H,26,30)/b28-27+. The minimum atomic E-state index is -0.556. The van der Waals surface area contributed by atoms with Gasteiger partial charge in [-0.15, -0.1) is 5.11 Å². The summed E-state index contributed by atoms with van der Waals surface area (Å²) in [6, 6.07) is 8.50. The van der Waals surface area contributed by atoms with E-state index in [0.717, 1.165) is 30.3 Å². The van der Waals surface area contributed by atoms with E-state index in [-0.39, 0.29) is 35.1 Å². The molecule has 32 heavy (non-hydrogen) atoms. The Bertz CT molecular complexity index is 1070. The number of aromatic nitrogens is 1. The molecule has 0 spiro atoms. The predicted molar refractivity (Wildman–Crippen MR) is 124 cm³/mol. The molecule has 0 aliphatic carbocycles. The highest BCUT2D eigenvalue weighted by Gasteiger charge is 2.18. The average Bonchev–Trinajstić information content (AvgIpc) is 2.80. The summed E-state index contributed by atoms with van der Waals surface area (Å²) in [6.07, 6.45) is 4.45. The lowest BCUT2D eigenvalue weighted by Gasteiger charge is -2.15. The second-order valence-electron chi connectivity index (χ2n) is 7.71. The number of unbranched alkanes of at least 4 members (excludes halogenated alkanes) is 1. The zero-order valence-electron chi connectivity index (χ0n) is 19.2. The van der Waals surface area contributed by atoms with Gasteiger partial charge in [-0.05, 0) is 50.5 Å². The van der Waals surface area contributed by atoms with Crippen molar-refractivity contribution in [3.63, 3.8) is 0 Å². The SMILES string of the molecule is CCCCC(CC)CNC(=O)c1ccc(/N=N/c2c(C)c(C#N)c(=O)n(CC)c2O)cc1. The molecule has 0 saturated heterocycles. The molecule has 8 nitrogen and oxygen atoms in total. The van der Waals surface area contributed by atoms with E-state index in [1.165, 1.54) is 0 Å². The first-order chi connectivity index (χ1) is 15.4. The van der Waals surface area contributed by atoms with Crippen LogP contribution in [0.3, 0.4) is 0 Å². The van der Waals surface area contributed by atoms with Gasteiger partial charge in [0.05, 0.1) is 5.69 Å². The molecule has 1 aromatic carbocycles. The minimum Gasteiger partial charge on any atom is -0.493 e. The van der Waals surface area contributed by atoms with Crippen molar-refractivity contribution in [3.8, 4) is 11.9 Å². The monoisotopic (exact) mass is 437 g/mol. The van der Waals surface area contributed by atoms with Crippen molar-refractivity contribution in [1.82, 2.24) is 9.88 Å². The maximum absolute atomic E-state index is 12.4. The molecule has 0 fully saturated rings. The number of hydrogen-bond acceptors (Lipinski definition) is 6.